The van der Waals surface area contributed by atoms with E-state index in [1.807, 2.05) is 0 Å². The van der Waals surface area contributed by atoms with Gasteiger partial charge in [0.1, 0.15) is 19.3 Å². The van der Waals surface area contributed by atoms with Gasteiger partial charge in [-0.05, 0) is 31.6 Å². The van der Waals surface area contributed by atoms with Gasteiger partial charge in [-0.2, -0.15) is 0 Å². The highest BCUT2D eigenvalue weighted by molar-refractivity contribution is 7.47. The van der Waals surface area contributed by atoms with E-state index in [4.69, 9.17) is 37.0 Å². The number of phosphoric acid groups is 2. The first-order valence-electron chi connectivity index (χ1n) is 38.1. The van der Waals surface area contributed by atoms with Gasteiger partial charge in [0.05, 0.1) is 26.4 Å². The monoisotopic (exact) mass is 1350 g/mol. The topological polar surface area (TPSA) is 237 Å². The van der Waals surface area contributed by atoms with E-state index >= 15 is 0 Å². The summed E-state index contributed by atoms with van der Waals surface area (Å²) in [6.45, 7) is 7.26. The molecule has 546 valence electrons. The number of phosphoric ester groups is 2. The highest BCUT2D eigenvalue weighted by atomic mass is 31.2. The van der Waals surface area contributed by atoms with Gasteiger partial charge >= 0.3 is 39.5 Å². The number of hydrogen-bond acceptors (Lipinski definition) is 15. The quantitative estimate of drug-likeness (QED) is 0.0222. The van der Waals surface area contributed by atoms with Crippen LogP contribution in [0, 0.1) is 5.92 Å². The number of aliphatic hydroxyl groups is 1. The van der Waals surface area contributed by atoms with Crippen molar-refractivity contribution in [3.63, 3.8) is 0 Å². The highest BCUT2D eigenvalue weighted by Gasteiger charge is 2.30. The number of hydrogen-bond donors (Lipinski definition) is 3. The molecule has 0 aromatic rings. The van der Waals surface area contributed by atoms with Crippen LogP contribution < -0.4 is 0 Å². The van der Waals surface area contributed by atoms with E-state index in [-0.39, 0.29) is 25.7 Å². The lowest BCUT2D eigenvalue weighted by molar-refractivity contribution is -0.161. The van der Waals surface area contributed by atoms with E-state index in [1.54, 1.807) is 0 Å². The fourth-order valence-corrected chi connectivity index (χ4v) is 12.8. The molecule has 0 spiro atoms. The summed E-state index contributed by atoms with van der Waals surface area (Å²) >= 11 is 0. The molecule has 0 fully saturated rings. The summed E-state index contributed by atoms with van der Waals surface area (Å²) in [5.74, 6) is -1.36. The Labute approximate surface area is 562 Å². The molecule has 17 nitrogen and oxygen atoms in total. The maximum absolute atomic E-state index is 13.1. The van der Waals surface area contributed by atoms with E-state index < -0.39 is 97.5 Å². The van der Waals surface area contributed by atoms with Crippen LogP contribution >= 0.6 is 15.6 Å². The Morgan fingerprint density at radius 2 is 0.500 bits per heavy atom. The second-order valence-electron chi connectivity index (χ2n) is 26.8. The minimum absolute atomic E-state index is 0.106. The van der Waals surface area contributed by atoms with Crippen LogP contribution in [0.1, 0.15) is 381 Å². The Bertz CT molecular complexity index is 1770. The van der Waals surface area contributed by atoms with Gasteiger partial charge in [-0.25, -0.2) is 9.13 Å². The number of unbranched alkanes of at least 4 members (excludes halogenated alkanes) is 45. The van der Waals surface area contributed by atoms with Crippen LogP contribution in [0.3, 0.4) is 0 Å². The van der Waals surface area contributed by atoms with Crippen LogP contribution in [0.25, 0.3) is 0 Å². The number of rotatable bonds is 73. The summed E-state index contributed by atoms with van der Waals surface area (Å²) in [5, 5.41) is 10.6. The van der Waals surface area contributed by atoms with Crippen molar-refractivity contribution in [1.29, 1.82) is 0 Å². The first-order valence-corrected chi connectivity index (χ1v) is 41.1. The van der Waals surface area contributed by atoms with Crippen LogP contribution in [0.4, 0.5) is 0 Å². The zero-order valence-corrected chi connectivity index (χ0v) is 61.5. The molecule has 0 aliphatic rings. The molecule has 0 radical (unpaired) electrons. The van der Waals surface area contributed by atoms with E-state index in [2.05, 4.69) is 34.6 Å². The second kappa shape index (κ2) is 66.3. The molecule has 0 saturated carbocycles. The van der Waals surface area contributed by atoms with Crippen molar-refractivity contribution in [3.05, 3.63) is 0 Å². The van der Waals surface area contributed by atoms with Crippen LogP contribution in [0.15, 0.2) is 0 Å². The molecule has 0 aromatic carbocycles. The molecule has 19 heteroatoms. The van der Waals surface area contributed by atoms with Gasteiger partial charge in [0.2, 0.25) is 0 Å². The van der Waals surface area contributed by atoms with Gasteiger partial charge in [0.15, 0.2) is 12.2 Å². The standard InChI is InChI=1S/C73H142O17P2/c1-6-9-12-15-18-21-24-26-28-30-32-38-43-48-53-58-72(77)89-69(63-84-71(76)57-52-47-42-37-31-29-27-25-22-19-16-13-10-7-2)65-88-92(81,82)86-61-67(74)60-85-91(79,80)87-64-68(62-83-70(75)56-51-46-41-36-23-20-17-14-11-8-3)90-73(78)59-54-49-44-39-34-33-35-40-45-50-55-66(4)5/h66-69,74H,6-65H2,1-5H3,(H,79,80)(H,81,82)/t67-,68+,69+/m0/s1. The Kier molecular flexibility index (Phi) is 64.9. The van der Waals surface area contributed by atoms with Crippen molar-refractivity contribution in [2.75, 3.05) is 39.6 Å². The molecule has 0 rings (SSSR count). The van der Waals surface area contributed by atoms with Crippen LogP contribution in [-0.4, -0.2) is 96.7 Å². The lowest BCUT2D eigenvalue weighted by atomic mass is 10.0. The Hall–Kier alpha value is -1.94. The minimum Gasteiger partial charge on any atom is -0.462 e. The predicted octanol–water partition coefficient (Wildman–Crippen LogP) is 21.3. The third kappa shape index (κ3) is 66.7. The molecule has 0 aliphatic carbocycles. The minimum atomic E-state index is -4.95. The largest absolute Gasteiger partial charge is 0.472 e. The molecule has 92 heavy (non-hydrogen) atoms. The first-order chi connectivity index (χ1) is 44.5. The summed E-state index contributed by atoms with van der Waals surface area (Å²) in [6, 6.07) is 0. The second-order valence-corrected chi connectivity index (χ2v) is 29.7. The molecule has 0 bridgehead atoms. The van der Waals surface area contributed by atoms with E-state index in [0.717, 1.165) is 95.8 Å². The van der Waals surface area contributed by atoms with Crippen molar-refractivity contribution in [3.8, 4) is 0 Å². The lowest BCUT2D eigenvalue weighted by Gasteiger charge is -2.21. The molecule has 0 heterocycles. The van der Waals surface area contributed by atoms with E-state index in [1.165, 1.54) is 205 Å². The van der Waals surface area contributed by atoms with E-state index in [0.29, 0.717) is 25.7 Å². The average molecular weight is 1350 g/mol. The normalized spacial score (nSPS) is 14.0. The summed E-state index contributed by atoms with van der Waals surface area (Å²) in [5.41, 5.74) is 0. The van der Waals surface area contributed by atoms with Crippen molar-refractivity contribution >= 4 is 39.5 Å². The average Bonchev–Trinajstić information content (AvgIpc) is 2.05. The third-order valence-electron chi connectivity index (χ3n) is 17.0. The molecule has 0 aromatic heterocycles. The van der Waals surface area contributed by atoms with Crippen LogP contribution in [-0.2, 0) is 65.4 Å². The smallest absolute Gasteiger partial charge is 0.462 e. The Morgan fingerprint density at radius 1 is 0.293 bits per heavy atom. The molecule has 0 amide bonds. The lowest BCUT2D eigenvalue weighted by Crippen LogP contribution is -2.30. The number of aliphatic hydroxyl groups excluding tert-OH is 1. The van der Waals surface area contributed by atoms with Gasteiger partial charge in [-0.1, -0.05) is 330 Å². The number of esters is 4. The van der Waals surface area contributed by atoms with Gasteiger partial charge in [-0.3, -0.25) is 37.3 Å². The van der Waals surface area contributed by atoms with Crippen LogP contribution in [0.5, 0.6) is 0 Å². The predicted molar refractivity (Wildman–Crippen MR) is 372 cm³/mol. The maximum Gasteiger partial charge on any atom is 0.472 e. The zero-order valence-electron chi connectivity index (χ0n) is 59.7. The van der Waals surface area contributed by atoms with Crippen molar-refractivity contribution in [1.82, 2.24) is 0 Å². The molecule has 2 unspecified atom stereocenters. The number of carbonyl (C=O) groups excluding carboxylic acids is 4. The van der Waals surface area contributed by atoms with Gasteiger partial charge in [-0.15, -0.1) is 0 Å². The molecule has 0 saturated heterocycles. The summed E-state index contributed by atoms with van der Waals surface area (Å²) in [7, 11) is -9.90. The van der Waals surface area contributed by atoms with Gasteiger partial charge in [0, 0.05) is 25.7 Å². The number of ether oxygens (including phenoxy) is 4. The van der Waals surface area contributed by atoms with Gasteiger partial charge in [0.25, 0.3) is 0 Å². The van der Waals surface area contributed by atoms with Gasteiger partial charge < -0.3 is 33.8 Å². The van der Waals surface area contributed by atoms with E-state index in [9.17, 15) is 43.2 Å². The van der Waals surface area contributed by atoms with Crippen LogP contribution in [0.2, 0.25) is 0 Å². The molecular weight excluding hydrogens is 1210 g/mol. The fraction of sp³-hybridized carbons (Fsp3) is 0.945. The molecular formula is C73H142O17P2. The fourth-order valence-electron chi connectivity index (χ4n) is 11.2. The van der Waals surface area contributed by atoms with Crippen molar-refractivity contribution in [2.24, 2.45) is 5.92 Å². The molecule has 5 atom stereocenters. The molecule has 0 aliphatic heterocycles. The maximum atomic E-state index is 13.1. The molecule has 3 N–H and O–H groups in total. The summed E-state index contributed by atoms with van der Waals surface area (Å²) < 4.78 is 68.4. The summed E-state index contributed by atoms with van der Waals surface area (Å²) in [6.07, 6.45) is 53.9. The van der Waals surface area contributed by atoms with Crippen molar-refractivity contribution < 1.29 is 80.2 Å². The Morgan fingerprint density at radius 3 is 0.739 bits per heavy atom. The third-order valence-corrected chi connectivity index (χ3v) is 18.9. The van der Waals surface area contributed by atoms with Crippen molar-refractivity contribution in [2.45, 2.75) is 400 Å². The number of carbonyl (C=O) groups is 4. The summed E-state index contributed by atoms with van der Waals surface area (Å²) in [4.78, 5) is 72.7. The highest BCUT2D eigenvalue weighted by Crippen LogP contribution is 2.45. The SMILES string of the molecule is CCCCCCCCCCCCCCCCCC(=O)O[C@H](COC(=O)CCCCCCCCCCCCCCCC)COP(=O)(O)OC[C@@H](O)COP(=O)(O)OC[C@@H](COC(=O)CCCCCCCCCCCC)OC(=O)CCCCCCCCCCCCC(C)C. The zero-order chi connectivity index (χ0) is 67.7. The Balaban J connectivity index is 5.25. The first kappa shape index (κ1) is 90.1.